The maximum atomic E-state index is 11.4. The molecule has 0 bridgehead atoms. The second-order valence-corrected chi connectivity index (χ2v) is 4.60. The monoisotopic (exact) mass is 244 g/mol. The summed E-state index contributed by atoms with van der Waals surface area (Å²) in [5, 5.41) is 4.19. The van der Waals surface area contributed by atoms with Gasteiger partial charge in [0, 0.05) is 24.7 Å². The summed E-state index contributed by atoms with van der Waals surface area (Å²) in [6, 6.07) is 8.44. The molecule has 0 saturated heterocycles. The highest BCUT2D eigenvalue weighted by molar-refractivity contribution is 5.80. The van der Waals surface area contributed by atoms with E-state index in [0.29, 0.717) is 6.42 Å². The third-order valence-corrected chi connectivity index (χ3v) is 3.11. The van der Waals surface area contributed by atoms with Crippen LogP contribution >= 0.6 is 0 Å². The van der Waals surface area contributed by atoms with E-state index in [2.05, 4.69) is 41.5 Å². The fourth-order valence-corrected chi connectivity index (χ4v) is 2.02. The van der Waals surface area contributed by atoms with Crippen molar-refractivity contribution in [3.63, 3.8) is 0 Å². The fraction of sp³-hybridized carbons (Fsp3) is 0.400. The largest absolute Gasteiger partial charge is 0.361 e. The topological polar surface area (TPSA) is 44.9 Å². The van der Waals surface area contributed by atoms with Gasteiger partial charge in [0.15, 0.2) is 0 Å². The van der Waals surface area contributed by atoms with E-state index in [-0.39, 0.29) is 5.91 Å². The molecule has 0 aliphatic heterocycles. The lowest BCUT2D eigenvalue weighted by Crippen LogP contribution is -2.25. The number of H-pyrrole nitrogens is 1. The summed E-state index contributed by atoms with van der Waals surface area (Å²) in [5.41, 5.74) is 2.41. The maximum Gasteiger partial charge on any atom is 0.220 e. The van der Waals surface area contributed by atoms with E-state index in [1.165, 1.54) is 10.9 Å². The Balaban J connectivity index is 1.81. The van der Waals surface area contributed by atoms with Gasteiger partial charge in [-0.25, -0.2) is 0 Å². The van der Waals surface area contributed by atoms with Crippen LogP contribution in [0.4, 0.5) is 0 Å². The van der Waals surface area contributed by atoms with Crippen LogP contribution in [0.5, 0.6) is 0 Å². The number of carbonyl (C=O) groups is 1. The average Bonchev–Trinajstić information content (AvgIpc) is 2.83. The molecule has 0 radical (unpaired) electrons. The third kappa shape index (κ3) is 3.36. The summed E-state index contributed by atoms with van der Waals surface area (Å²) in [7, 11) is 0. The molecule has 0 aliphatic carbocycles. The summed E-state index contributed by atoms with van der Waals surface area (Å²) >= 11 is 0. The first kappa shape index (κ1) is 12.7. The van der Waals surface area contributed by atoms with Crippen molar-refractivity contribution in [3.8, 4) is 0 Å². The van der Waals surface area contributed by atoms with E-state index in [9.17, 15) is 4.79 Å². The summed E-state index contributed by atoms with van der Waals surface area (Å²) in [5.74, 6) is 0.165. The zero-order valence-electron chi connectivity index (χ0n) is 10.8. The molecular weight excluding hydrogens is 224 g/mol. The van der Waals surface area contributed by atoms with Gasteiger partial charge in [-0.3, -0.25) is 4.79 Å². The van der Waals surface area contributed by atoms with Crippen LogP contribution in [-0.4, -0.2) is 17.4 Å². The minimum absolute atomic E-state index is 0.165. The molecule has 1 aromatic heterocycles. The highest BCUT2D eigenvalue weighted by Crippen LogP contribution is 2.14. The van der Waals surface area contributed by atoms with Crippen molar-refractivity contribution in [1.82, 2.24) is 10.3 Å². The Hall–Kier alpha value is -1.77. The van der Waals surface area contributed by atoms with Crippen molar-refractivity contribution in [1.29, 1.82) is 0 Å². The van der Waals surface area contributed by atoms with Crippen molar-refractivity contribution in [2.24, 2.45) is 0 Å². The minimum atomic E-state index is 0.165. The highest BCUT2D eigenvalue weighted by Gasteiger charge is 2.01. The van der Waals surface area contributed by atoms with Crippen LogP contribution in [-0.2, 0) is 11.2 Å². The number of aromatic nitrogens is 1. The molecule has 1 aromatic carbocycles. The van der Waals surface area contributed by atoms with Crippen LogP contribution in [0.2, 0.25) is 0 Å². The van der Waals surface area contributed by atoms with E-state index in [1.807, 2.05) is 6.20 Å². The van der Waals surface area contributed by atoms with E-state index in [0.717, 1.165) is 31.3 Å². The van der Waals surface area contributed by atoms with Crippen molar-refractivity contribution in [2.75, 3.05) is 6.54 Å². The number of rotatable bonds is 6. The second-order valence-electron chi connectivity index (χ2n) is 4.60. The van der Waals surface area contributed by atoms with E-state index in [1.54, 1.807) is 0 Å². The number of benzene rings is 1. The Labute approximate surface area is 108 Å². The second kappa shape index (κ2) is 6.24. The number of unbranched alkanes of at least 4 members (excludes halogenated alkanes) is 1. The summed E-state index contributed by atoms with van der Waals surface area (Å²) in [6.07, 6.45) is 5.51. The van der Waals surface area contributed by atoms with Gasteiger partial charge in [0.05, 0.1) is 0 Å². The third-order valence-electron chi connectivity index (χ3n) is 3.11. The predicted octanol–water partition coefficient (Wildman–Crippen LogP) is 3.02. The Morgan fingerprint density at radius 1 is 1.33 bits per heavy atom. The number of nitrogens with one attached hydrogen (secondary N) is 2. The minimum Gasteiger partial charge on any atom is -0.361 e. The lowest BCUT2D eigenvalue weighted by Gasteiger charge is -2.05. The molecule has 3 heteroatoms. The maximum absolute atomic E-state index is 11.4. The first-order valence-electron chi connectivity index (χ1n) is 6.62. The molecule has 0 saturated carbocycles. The molecule has 1 heterocycles. The van der Waals surface area contributed by atoms with Crippen LogP contribution in [0.25, 0.3) is 10.9 Å². The Morgan fingerprint density at radius 2 is 2.22 bits per heavy atom. The van der Waals surface area contributed by atoms with Crippen molar-refractivity contribution in [2.45, 2.75) is 32.6 Å². The lowest BCUT2D eigenvalue weighted by molar-refractivity contribution is -0.121. The molecule has 96 valence electrons. The number of aromatic amines is 1. The van der Waals surface area contributed by atoms with Crippen LogP contribution in [0, 0.1) is 0 Å². The molecule has 2 N–H and O–H groups in total. The SMILES string of the molecule is CCCCC(=O)NCCc1ccc2cc[nH]c2c1. The Bertz CT molecular complexity index is 516. The van der Waals surface area contributed by atoms with Gasteiger partial charge in [-0.1, -0.05) is 25.5 Å². The first-order chi connectivity index (χ1) is 8.79. The van der Waals surface area contributed by atoms with Crippen LogP contribution in [0.15, 0.2) is 30.5 Å². The van der Waals surface area contributed by atoms with Crippen molar-refractivity contribution < 1.29 is 4.79 Å². The molecular formula is C15H20N2O. The Kier molecular flexibility index (Phi) is 4.40. The zero-order chi connectivity index (χ0) is 12.8. The van der Waals surface area contributed by atoms with Gasteiger partial charge in [-0.05, 0) is 35.9 Å². The molecule has 1 amide bonds. The standard InChI is InChI=1S/C15H20N2O/c1-2-3-4-15(18)17-9-7-12-5-6-13-8-10-16-14(13)11-12/h5-6,8,10-11,16H,2-4,7,9H2,1H3,(H,17,18). The number of amides is 1. The highest BCUT2D eigenvalue weighted by atomic mass is 16.1. The van der Waals surface area contributed by atoms with Crippen LogP contribution in [0.1, 0.15) is 31.7 Å². The van der Waals surface area contributed by atoms with Crippen LogP contribution < -0.4 is 5.32 Å². The number of hydrogen-bond donors (Lipinski definition) is 2. The smallest absolute Gasteiger partial charge is 0.220 e. The van der Waals surface area contributed by atoms with E-state index in [4.69, 9.17) is 0 Å². The van der Waals surface area contributed by atoms with Gasteiger partial charge in [0.1, 0.15) is 0 Å². The van der Waals surface area contributed by atoms with Crippen LogP contribution in [0.3, 0.4) is 0 Å². The van der Waals surface area contributed by atoms with E-state index >= 15 is 0 Å². The lowest BCUT2D eigenvalue weighted by atomic mass is 10.1. The number of hydrogen-bond acceptors (Lipinski definition) is 1. The predicted molar refractivity (Wildman–Crippen MR) is 74.5 cm³/mol. The van der Waals surface area contributed by atoms with Gasteiger partial charge >= 0.3 is 0 Å². The molecule has 0 spiro atoms. The fourth-order valence-electron chi connectivity index (χ4n) is 2.02. The normalized spacial score (nSPS) is 10.7. The van der Waals surface area contributed by atoms with Crippen molar-refractivity contribution >= 4 is 16.8 Å². The van der Waals surface area contributed by atoms with E-state index < -0.39 is 0 Å². The average molecular weight is 244 g/mol. The number of fused-ring (bicyclic) bond motifs is 1. The molecule has 0 unspecified atom stereocenters. The molecule has 0 aliphatic rings. The molecule has 3 nitrogen and oxygen atoms in total. The van der Waals surface area contributed by atoms with Crippen molar-refractivity contribution in [3.05, 3.63) is 36.0 Å². The summed E-state index contributed by atoms with van der Waals surface area (Å²) < 4.78 is 0. The zero-order valence-corrected chi connectivity index (χ0v) is 10.8. The molecule has 0 fully saturated rings. The Morgan fingerprint density at radius 3 is 3.06 bits per heavy atom. The number of carbonyl (C=O) groups excluding carboxylic acids is 1. The summed E-state index contributed by atoms with van der Waals surface area (Å²) in [6.45, 7) is 2.81. The molecule has 2 rings (SSSR count). The van der Waals surface area contributed by atoms with Gasteiger partial charge in [-0.2, -0.15) is 0 Å². The molecule has 18 heavy (non-hydrogen) atoms. The first-order valence-corrected chi connectivity index (χ1v) is 6.62. The van der Waals surface area contributed by atoms with Gasteiger partial charge in [0.2, 0.25) is 5.91 Å². The summed E-state index contributed by atoms with van der Waals surface area (Å²) in [4.78, 5) is 14.6. The molecule has 0 atom stereocenters. The van der Waals surface area contributed by atoms with Gasteiger partial charge in [0.25, 0.3) is 0 Å². The van der Waals surface area contributed by atoms with Gasteiger partial charge in [-0.15, -0.1) is 0 Å². The van der Waals surface area contributed by atoms with Gasteiger partial charge < -0.3 is 10.3 Å². The molecule has 2 aromatic rings. The quantitative estimate of drug-likeness (QED) is 0.806.